The first-order valence-electron chi connectivity index (χ1n) is 6.00. The summed E-state index contributed by atoms with van der Waals surface area (Å²) >= 11 is 6.51. The Hall–Kier alpha value is -0.480. The predicted octanol–water partition coefficient (Wildman–Crippen LogP) is 1.77. The number of rotatable bonds is 3. The molecule has 0 saturated carbocycles. The minimum absolute atomic E-state index is 0.0138. The van der Waals surface area contributed by atoms with Crippen LogP contribution in [0.4, 0.5) is 0 Å². The first-order valence-corrected chi connectivity index (χ1v) is 9.03. The zero-order chi connectivity index (χ0) is 15.6. The Morgan fingerprint density at radius 3 is 2.76 bits per heavy atom. The smallest absolute Gasteiger partial charge is 0.326 e. The van der Waals surface area contributed by atoms with Crippen LogP contribution in [0.3, 0.4) is 0 Å². The van der Waals surface area contributed by atoms with Crippen LogP contribution in [0.5, 0.6) is 0 Å². The Bertz CT molecular complexity index is 649. The lowest BCUT2D eigenvalue weighted by Gasteiger charge is -2.32. The fraction of sp³-hybridized carbons (Fsp3) is 0.417. The van der Waals surface area contributed by atoms with Crippen LogP contribution in [0, 0.1) is 0 Å². The summed E-state index contributed by atoms with van der Waals surface area (Å²) < 4.78 is 37.7. The normalized spacial score (nSPS) is 20.2. The molecule has 1 atom stereocenters. The number of methoxy groups -OCH3 is 1. The van der Waals surface area contributed by atoms with Crippen LogP contribution in [0.2, 0.25) is 0 Å². The summed E-state index contributed by atoms with van der Waals surface area (Å²) in [5.74, 6) is -0.633. The third-order valence-electron chi connectivity index (χ3n) is 3.03. The van der Waals surface area contributed by atoms with Crippen LogP contribution in [0.25, 0.3) is 0 Å². The van der Waals surface area contributed by atoms with Gasteiger partial charge in [-0.1, -0.05) is 15.9 Å². The van der Waals surface area contributed by atoms with E-state index in [9.17, 15) is 13.2 Å². The second-order valence-corrected chi connectivity index (χ2v) is 7.93. The first-order chi connectivity index (χ1) is 9.87. The molecule has 1 aromatic carbocycles. The molecule has 1 aliphatic rings. The van der Waals surface area contributed by atoms with Crippen molar-refractivity contribution in [3.8, 4) is 0 Å². The van der Waals surface area contributed by atoms with Gasteiger partial charge in [-0.05, 0) is 34.1 Å². The summed E-state index contributed by atoms with van der Waals surface area (Å²) in [6.45, 7) is 0.325. The lowest BCUT2D eigenvalue weighted by atomic mass is 10.3. The molecular formula is C12H13Br2NO5S. The number of hydrogen-bond acceptors (Lipinski definition) is 5. The Morgan fingerprint density at radius 1 is 1.43 bits per heavy atom. The van der Waals surface area contributed by atoms with E-state index in [0.717, 1.165) is 8.78 Å². The van der Waals surface area contributed by atoms with Crippen molar-refractivity contribution in [1.82, 2.24) is 4.31 Å². The summed E-state index contributed by atoms with van der Waals surface area (Å²) in [6.07, 6.45) is 0. The Balaban J connectivity index is 2.43. The van der Waals surface area contributed by atoms with Gasteiger partial charge in [-0.15, -0.1) is 0 Å². The summed E-state index contributed by atoms with van der Waals surface area (Å²) in [5.41, 5.74) is 0. The number of sulfonamides is 1. The van der Waals surface area contributed by atoms with Gasteiger partial charge in [0.1, 0.15) is 6.04 Å². The maximum Gasteiger partial charge on any atom is 0.326 e. The van der Waals surface area contributed by atoms with E-state index in [1.165, 1.54) is 13.2 Å². The summed E-state index contributed by atoms with van der Waals surface area (Å²) in [5, 5.41) is 0. The molecule has 21 heavy (non-hydrogen) atoms. The number of carbonyl (C=O) groups is 1. The highest BCUT2D eigenvalue weighted by Gasteiger charge is 2.39. The van der Waals surface area contributed by atoms with Crippen molar-refractivity contribution in [1.29, 1.82) is 0 Å². The van der Waals surface area contributed by atoms with Crippen molar-refractivity contribution in [2.24, 2.45) is 0 Å². The van der Waals surface area contributed by atoms with E-state index in [2.05, 4.69) is 36.6 Å². The zero-order valence-electron chi connectivity index (χ0n) is 11.1. The molecule has 0 radical (unpaired) electrons. The van der Waals surface area contributed by atoms with Crippen LogP contribution < -0.4 is 0 Å². The fourth-order valence-corrected chi connectivity index (χ4v) is 5.26. The average Bonchev–Trinajstić information content (AvgIpc) is 2.46. The Morgan fingerprint density at radius 2 is 2.14 bits per heavy atom. The quantitative estimate of drug-likeness (QED) is 0.667. The molecule has 9 heteroatoms. The van der Waals surface area contributed by atoms with Gasteiger partial charge in [0.05, 0.1) is 25.2 Å². The molecule has 1 heterocycles. The first kappa shape index (κ1) is 16.9. The van der Waals surface area contributed by atoms with E-state index in [4.69, 9.17) is 4.74 Å². The molecular weight excluding hydrogens is 430 g/mol. The molecule has 0 bridgehead atoms. The van der Waals surface area contributed by atoms with Crippen LogP contribution >= 0.6 is 31.9 Å². The van der Waals surface area contributed by atoms with E-state index < -0.39 is 22.0 Å². The van der Waals surface area contributed by atoms with E-state index >= 15 is 0 Å². The minimum Gasteiger partial charge on any atom is -0.468 e. The lowest BCUT2D eigenvalue weighted by molar-refractivity contribution is -0.149. The number of carbonyl (C=O) groups excluding carboxylic acids is 1. The van der Waals surface area contributed by atoms with Crippen LogP contribution in [-0.4, -0.2) is 51.6 Å². The number of benzene rings is 1. The number of nitrogens with zero attached hydrogens (tertiary/aromatic N) is 1. The highest BCUT2D eigenvalue weighted by atomic mass is 79.9. The van der Waals surface area contributed by atoms with Crippen molar-refractivity contribution in [2.45, 2.75) is 10.9 Å². The number of morpholine rings is 1. The van der Waals surface area contributed by atoms with Crippen molar-refractivity contribution in [3.63, 3.8) is 0 Å². The van der Waals surface area contributed by atoms with Crippen LogP contribution in [0.15, 0.2) is 32.0 Å². The van der Waals surface area contributed by atoms with Gasteiger partial charge in [0.15, 0.2) is 0 Å². The number of hydrogen-bond donors (Lipinski definition) is 0. The molecule has 0 N–H and O–H groups in total. The molecule has 0 aliphatic carbocycles. The largest absolute Gasteiger partial charge is 0.468 e. The molecule has 0 amide bonds. The van der Waals surface area contributed by atoms with Gasteiger partial charge in [0, 0.05) is 15.5 Å². The monoisotopic (exact) mass is 441 g/mol. The van der Waals surface area contributed by atoms with Crippen LogP contribution in [0.1, 0.15) is 0 Å². The summed E-state index contributed by atoms with van der Waals surface area (Å²) in [7, 11) is -2.61. The van der Waals surface area contributed by atoms with E-state index in [0.29, 0.717) is 4.47 Å². The molecule has 1 fully saturated rings. The predicted molar refractivity (Wildman–Crippen MR) is 82.4 cm³/mol. The molecule has 0 spiro atoms. The van der Waals surface area contributed by atoms with Gasteiger partial charge >= 0.3 is 5.97 Å². The number of ether oxygens (including phenoxy) is 2. The van der Waals surface area contributed by atoms with Crippen LogP contribution in [-0.2, 0) is 24.3 Å². The van der Waals surface area contributed by atoms with Crippen molar-refractivity contribution >= 4 is 47.9 Å². The van der Waals surface area contributed by atoms with Crippen molar-refractivity contribution in [2.75, 3.05) is 26.9 Å². The third-order valence-corrected chi connectivity index (χ3v) is 6.41. The average molecular weight is 443 g/mol. The van der Waals surface area contributed by atoms with Gasteiger partial charge in [0.25, 0.3) is 0 Å². The maximum atomic E-state index is 12.8. The third kappa shape index (κ3) is 3.48. The standard InChI is InChI=1S/C12H13Br2NO5S/c1-19-12(16)10-7-20-5-4-15(10)21(17,18)11-3-2-8(13)6-9(11)14/h2-3,6,10H,4-5,7H2,1H3. The van der Waals surface area contributed by atoms with Crippen molar-refractivity contribution in [3.05, 3.63) is 27.1 Å². The highest BCUT2D eigenvalue weighted by Crippen LogP contribution is 2.30. The van der Waals surface area contributed by atoms with E-state index in [1.807, 2.05) is 0 Å². The maximum absolute atomic E-state index is 12.8. The van der Waals surface area contributed by atoms with E-state index in [-0.39, 0.29) is 24.7 Å². The van der Waals surface area contributed by atoms with Gasteiger partial charge in [0.2, 0.25) is 10.0 Å². The molecule has 1 aliphatic heterocycles. The Kier molecular flexibility index (Phi) is 5.42. The molecule has 116 valence electrons. The molecule has 2 rings (SSSR count). The van der Waals surface area contributed by atoms with Gasteiger partial charge in [-0.3, -0.25) is 4.79 Å². The SMILES string of the molecule is COC(=O)C1COCCN1S(=O)(=O)c1ccc(Br)cc1Br. The summed E-state index contributed by atoms with van der Waals surface area (Å²) in [4.78, 5) is 11.9. The lowest BCUT2D eigenvalue weighted by Crippen LogP contribution is -2.52. The zero-order valence-corrected chi connectivity index (χ0v) is 15.1. The number of halogens is 2. The summed E-state index contributed by atoms with van der Waals surface area (Å²) in [6, 6.07) is 3.78. The molecule has 1 unspecified atom stereocenters. The van der Waals surface area contributed by atoms with Gasteiger partial charge < -0.3 is 9.47 Å². The highest BCUT2D eigenvalue weighted by molar-refractivity contribution is 9.11. The Labute approximate surface area is 139 Å². The second kappa shape index (κ2) is 6.74. The van der Waals surface area contributed by atoms with Gasteiger partial charge in [-0.2, -0.15) is 4.31 Å². The van der Waals surface area contributed by atoms with Crippen molar-refractivity contribution < 1.29 is 22.7 Å². The molecule has 0 aromatic heterocycles. The van der Waals surface area contributed by atoms with E-state index in [1.54, 1.807) is 12.1 Å². The fourth-order valence-electron chi connectivity index (χ4n) is 2.01. The molecule has 1 saturated heterocycles. The minimum atomic E-state index is -3.83. The number of esters is 1. The second-order valence-electron chi connectivity index (χ2n) is 4.30. The molecule has 1 aromatic rings. The topological polar surface area (TPSA) is 72.9 Å². The molecule has 6 nitrogen and oxygen atoms in total. The van der Waals surface area contributed by atoms with Gasteiger partial charge in [-0.25, -0.2) is 8.42 Å².